The first-order valence-electron chi connectivity index (χ1n) is 9.96. The molecule has 0 aliphatic rings. The molecule has 0 aliphatic carbocycles. The van der Waals surface area contributed by atoms with Crippen LogP contribution < -0.4 is 0 Å². The summed E-state index contributed by atoms with van der Waals surface area (Å²) >= 11 is 2.75. The number of carbonyl (C=O) groups is 2. The molecule has 0 amide bonds. The number of benzene rings is 2. The van der Waals surface area contributed by atoms with Crippen molar-refractivity contribution >= 4 is 35.5 Å². The van der Waals surface area contributed by atoms with Crippen LogP contribution in [0.4, 0.5) is 0 Å². The Kier molecular flexibility index (Phi) is 16.8. The first kappa shape index (κ1) is 32.7. The van der Waals surface area contributed by atoms with Crippen molar-refractivity contribution in [2.24, 2.45) is 0 Å². The maximum atomic E-state index is 10.7. The molecule has 0 heterocycles. The Morgan fingerprint density at radius 3 is 1.78 bits per heavy atom. The molecule has 1 unspecified atom stereocenters. The van der Waals surface area contributed by atoms with Crippen molar-refractivity contribution in [3.63, 3.8) is 0 Å². The van der Waals surface area contributed by atoms with Crippen molar-refractivity contribution in [3.05, 3.63) is 92.5 Å². The van der Waals surface area contributed by atoms with E-state index in [2.05, 4.69) is 16.3 Å². The summed E-state index contributed by atoms with van der Waals surface area (Å²) in [5.41, 5.74) is 0.428. The Bertz CT molecular complexity index is 1070. The molecule has 0 saturated carbocycles. The fourth-order valence-electron chi connectivity index (χ4n) is 2.11. The first-order valence-corrected chi connectivity index (χ1v) is 11.9. The van der Waals surface area contributed by atoms with E-state index in [1.807, 2.05) is 6.08 Å². The molecule has 0 bridgehead atoms. The predicted molar refractivity (Wildman–Crippen MR) is 135 cm³/mol. The molecule has 1 atom stereocenters. The maximum Gasteiger partial charge on any atom is 0.335 e. The lowest BCUT2D eigenvalue weighted by Gasteiger charge is -2.13. The van der Waals surface area contributed by atoms with Gasteiger partial charge in [-0.1, -0.05) is 6.08 Å². The Morgan fingerprint density at radius 2 is 1.43 bits per heavy atom. The monoisotopic (exact) mass is 553 g/mol. The van der Waals surface area contributed by atoms with E-state index < -0.39 is 34.8 Å². The number of nitrogens with zero attached hydrogens (tertiary/aromatic N) is 3. The summed E-state index contributed by atoms with van der Waals surface area (Å²) in [5, 5.41) is 42.9. The molecule has 0 aliphatic heterocycles. The van der Waals surface area contributed by atoms with E-state index in [1.165, 1.54) is 31.2 Å². The second-order valence-corrected chi connectivity index (χ2v) is 8.45. The van der Waals surface area contributed by atoms with Crippen LogP contribution in [-0.2, 0) is 9.68 Å². The lowest BCUT2D eigenvalue weighted by atomic mass is 10.2. The summed E-state index contributed by atoms with van der Waals surface area (Å²) < 4.78 is 0. The normalized spacial score (nSPS) is 10.1. The van der Waals surface area contributed by atoms with E-state index >= 15 is 0 Å². The van der Waals surface area contributed by atoms with Crippen LogP contribution in [0.1, 0.15) is 27.6 Å². The second kappa shape index (κ2) is 19.0. The van der Waals surface area contributed by atoms with Crippen LogP contribution in [0.2, 0.25) is 0 Å². The molecule has 198 valence electrons. The van der Waals surface area contributed by atoms with E-state index in [1.54, 1.807) is 42.1 Å². The van der Waals surface area contributed by atoms with E-state index in [-0.39, 0.29) is 11.3 Å². The molecule has 2 aromatic rings. The van der Waals surface area contributed by atoms with Gasteiger partial charge in [-0.25, -0.2) is 9.59 Å². The average molecular weight is 554 g/mol. The van der Waals surface area contributed by atoms with Gasteiger partial charge in [0.15, 0.2) is 0 Å². The molecular weight excluding hydrogens is 530 g/mol. The maximum absolute atomic E-state index is 10.7. The number of rotatable bonds is 13. The summed E-state index contributed by atoms with van der Waals surface area (Å²) in [7, 11) is 0. The Labute approximate surface area is 219 Å². The van der Waals surface area contributed by atoms with Gasteiger partial charge in [0, 0.05) is 28.2 Å². The van der Waals surface area contributed by atoms with Crippen LogP contribution in [0.25, 0.3) is 0 Å². The summed E-state index contributed by atoms with van der Waals surface area (Å²) in [6.45, 7) is 4.46. The topological polar surface area (TPSA) is 203 Å². The van der Waals surface area contributed by atoms with Crippen LogP contribution in [0, 0.1) is 31.6 Å². The van der Waals surface area contributed by atoms with Gasteiger partial charge >= 0.3 is 11.9 Å². The lowest BCUT2D eigenvalue weighted by molar-refractivity contribution is -0.788. The van der Waals surface area contributed by atoms with Crippen LogP contribution in [0.15, 0.2) is 71.0 Å². The Hall–Kier alpha value is -4.29. The fraction of sp³-hybridized carbons (Fsp3) is 0.227. The van der Waals surface area contributed by atoms with E-state index in [0.29, 0.717) is 10.5 Å². The van der Waals surface area contributed by atoms with Crippen molar-refractivity contribution in [1.29, 1.82) is 5.26 Å². The molecule has 0 radical (unpaired) electrons. The molecule has 0 fully saturated rings. The molecule has 0 saturated heterocycles. The smallest absolute Gasteiger partial charge is 0.335 e. The number of hydrogen-bond acceptors (Lipinski definition) is 11. The van der Waals surface area contributed by atoms with Crippen molar-refractivity contribution < 1.29 is 39.7 Å². The number of aromatic carboxylic acids is 2. The molecule has 2 N–H and O–H groups in total. The zero-order chi connectivity index (χ0) is 28.2. The third-order valence-electron chi connectivity index (χ3n) is 3.61. The Morgan fingerprint density at radius 1 is 1.00 bits per heavy atom. The molecule has 2 aromatic carbocycles. The van der Waals surface area contributed by atoms with Crippen molar-refractivity contribution in [1.82, 2.24) is 0 Å². The SMILES string of the molecule is C=CCSc1ccc(C(=O)O)cc1.CC#N.O=C(O)c1ccc(SCC(CO[N+](=O)[O-])O[N+](=O)[O-])cc1. The van der Waals surface area contributed by atoms with Gasteiger partial charge in [-0.2, -0.15) is 5.26 Å². The third kappa shape index (κ3) is 16.1. The number of carboxylic acids is 2. The highest BCUT2D eigenvalue weighted by Gasteiger charge is 2.16. The van der Waals surface area contributed by atoms with E-state index in [9.17, 15) is 29.8 Å². The molecule has 0 spiro atoms. The van der Waals surface area contributed by atoms with Gasteiger partial charge in [0.05, 0.1) is 17.2 Å². The summed E-state index contributed by atoms with van der Waals surface area (Å²) in [6, 6.07) is 14.4. The van der Waals surface area contributed by atoms with Gasteiger partial charge in [-0.05, 0) is 48.5 Å². The van der Waals surface area contributed by atoms with Gasteiger partial charge in [0.1, 0.15) is 12.7 Å². The zero-order valence-corrected chi connectivity index (χ0v) is 21.1. The van der Waals surface area contributed by atoms with Crippen molar-refractivity contribution in [3.8, 4) is 6.07 Å². The highest BCUT2D eigenvalue weighted by molar-refractivity contribution is 7.99. The minimum Gasteiger partial charge on any atom is -0.478 e. The van der Waals surface area contributed by atoms with Gasteiger partial charge in [0.2, 0.25) is 0 Å². The number of hydrogen-bond donors (Lipinski definition) is 2. The van der Waals surface area contributed by atoms with Crippen LogP contribution in [0.3, 0.4) is 0 Å². The molecule has 37 heavy (non-hydrogen) atoms. The molecule has 15 heteroatoms. The number of thioether (sulfide) groups is 2. The average Bonchev–Trinajstić information content (AvgIpc) is 2.85. The van der Waals surface area contributed by atoms with Crippen LogP contribution in [0.5, 0.6) is 0 Å². The van der Waals surface area contributed by atoms with Gasteiger partial charge in [-0.3, -0.25) is 0 Å². The summed E-state index contributed by atoms with van der Waals surface area (Å²) in [5.74, 6) is -1.09. The zero-order valence-electron chi connectivity index (χ0n) is 19.4. The third-order valence-corrected chi connectivity index (χ3v) is 5.76. The number of nitriles is 1. The number of carboxylic acid groups (broad SMARTS) is 2. The summed E-state index contributed by atoms with van der Waals surface area (Å²) in [6.07, 6.45) is 0.699. The van der Waals surface area contributed by atoms with Gasteiger partial charge < -0.3 is 19.9 Å². The highest BCUT2D eigenvalue weighted by Crippen LogP contribution is 2.21. The lowest BCUT2D eigenvalue weighted by Crippen LogP contribution is -2.26. The van der Waals surface area contributed by atoms with Gasteiger partial charge in [0.25, 0.3) is 10.2 Å². The van der Waals surface area contributed by atoms with Crippen molar-refractivity contribution in [2.45, 2.75) is 22.8 Å². The molecule has 2 rings (SSSR count). The highest BCUT2D eigenvalue weighted by atomic mass is 32.2. The standard InChI is InChI=1S/C10H10N2O8S.C10H10O2S.C2H3N/c13-10(14)7-1-3-9(4-2-7)21-6-8(20-12(17)18)5-19-11(15)16;1-2-7-13-9-5-3-8(4-6-9)10(11)12;1-2-3/h1-4,8H,5-6H2,(H,13,14);2-6H,1,7H2,(H,11,12);1H3. The molecular formula is C22H23N3O10S2. The minimum atomic E-state index is -1.12. The molecule has 13 nitrogen and oxygen atoms in total. The quantitative estimate of drug-likeness (QED) is 0.152. The van der Waals surface area contributed by atoms with E-state index in [4.69, 9.17) is 15.5 Å². The second-order valence-electron chi connectivity index (χ2n) is 6.26. The minimum absolute atomic E-state index is 0.0290. The summed E-state index contributed by atoms with van der Waals surface area (Å²) in [4.78, 5) is 51.5. The van der Waals surface area contributed by atoms with Crippen molar-refractivity contribution in [2.75, 3.05) is 18.1 Å². The van der Waals surface area contributed by atoms with Gasteiger partial charge in [-0.15, -0.1) is 50.3 Å². The largest absolute Gasteiger partial charge is 0.478 e. The molecule has 0 aromatic heterocycles. The van der Waals surface area contributed by atoms with E-state index in [0.717, 1.165) is 22.4 Å². The fourth-order valence-corrected chi connectivity index (χ4v) is 3.61. The van der Waals surface area contributed by atoms with Crippen LogP contribution >= 0.6 is 23.5 Å². The predicted octanol–water partition coefficient (Wildman–Crippen LogP) is 4.45. The Balaban J connectivity index is 0.000000689. The van der Waals surface area contributed by atoms with Crippen LogP contribution in [-0.4, -0.2) is 56.5 Å². The first-order chi connectivity index (χ1) is 17.5.